The highest BCUT2D eigenvalue weighted by Gasteiger charge is 2.75. The number of Topliss-reactive ketones (excluding diaryl/α,β-unsaturated/α-hetero) is 2. The number of hydrogen-bond donors (Lipinski definition) is 0. The van der Waals surface area contributed by atoms with Gasteiger partial charge in [-0.2, -0.15) is 0 Å². The van der Waals surface area contributed by atoms with E-state index in [4.69, 9.17) is 39.5 Å². The van der Waals surface area contributed by atoms with Gasteiger partial charge in [-0.05, 0) is 36.8 Å². The fourth-order valence-electron chi connectivity index (χ4n) is 5.59. The summed E-state index contributed by atoms with van der Waals surface area (Å²) in [6.45, 7) is 1.74. The quantitative estimate of drug-likeness (QED) is 0.310. The SMILES string of the molecule is Cc1ccc(Cl)cc1N1C(=O)[C@@H]2[C@@H](c3ccc(Cl)cc3Cl)OC3(C(=O)c4ccccc4C3=O)[C@H]2C1=O. The third-order valence-electron chi connectivity index (χ3n) is 7.20. The zero-order chi connectivity index (χ0) is 25.5. The highest BCUT2D eigenvalue weighted by molar-refractivity contribution is 6.38. The summed E-state index contributed by atoms with van der Waals surface area (Å²) in [7, 11) is 0. The molecule has 3 aliphatic rings. The lowest BCUT2D eigenvalue weighted by Crippen LogP contribution is -2.51. The molecule has 3 aromatic carbocycles. The number of nitrogens with zero attached hydrogens (tertiary/aromatic N) is 1. The first kappa shape index (κ1) is 23.4. The van der Waals surface area contributed by atoms with Crippen LogP contribution < -0.4 is 4.90 Å². The Kier molecular flexibility index (Phi) is 5.18. The summed E-state index contributed by atoms with van der Waals surface area (Å²) >= 11 is 18.7. The minimum Gasteiger partial charge on any atom is -0.349 e. The Morgan fingerprint density at radius 1 is 0.806 bits per heavy atom. The van der Waals surface area contributed by atoms with Crippen molar-refractivity contribution in [1.29, 1.82) is 0 Å². The second kappa shape index (κ2) is 7.98. The largest absolute Gasteiger partial charge is 0.349 e. The molecule has 0 saturated carbocycles. The zero-order valence-electron chi connectivity index (χ0n) is 18.6. The van der Waals surface area contributed by atoms with Crippen molar-refractivity contribution in [3.05, 3.63) is 98.0 Å². The summed E-state index contributed by atoms with van der Waals surface area (Å²) in [4.78, 5) is 56.6. The maximum Gasteiger partial charge on any atom is 0.241 e. The molecule has 6 nitrogen and oxygen atoms in total. The van der Waals surface area contributed by atoms with E-state index in [1.165, 1.54) is 24.3 Å². The molecule has 0 N–H and O–H groups in total. The van der Waals surface area contributed by atoms with Crippen LogP contribution in [0.2, 0.25) is 15.1 Å². The highest BCUT2D eigenvalue weighted by atomic mass is 35.5. The van der Waals surface area contributed by atoms with Gasteiger partial charge < -0.3 is 4.74 Å². The Labute approximate surface area is 220 Å². The summed E-state index contributed by atoms with van der Waals surface area (Å²) in [6, 6.07) is 15.8. The molecular formula is C27H16Cl3NO5. The lowest BCUT2D eigenvalue weighted by atomic mass is 9.77. The molecule has 180 valence electrons. The fraction of sp³-hybridized carbons (Fsp3) is 0.185. The van der Waals surface area contributed by atoms with Crippen molar-refractivity contribution >= 4 is 63.9 Å². The molecule has 6 rings (SSSR count). The van der Waals surface area contributed by atoms with Gasteiger partial charge in [0.1, 0.15) is 0 Å². The first-order valence-corrected chi connectivity index (χ1v) is 12.3. The van der Waals surface area contributed by atoms with Gasteiger partial charge in [0, 0.05) is 31.8 Å². The van der Waals surface area contributed by atoms with Gasteiger partial charge in [0.15, 0.2) is 0 Å². The monoisotopic (exact) mass is 539 g/mol. The predicted octanol–water partition coefficient (Wildman–Crippen LogP) is 5.65. The van der Waals surface area contributed by atoms with Crippen LogP contribution in [0.1, 0.15) is 37.9 Å². The summed E-state index contributed by atoms with van der Waals surface area (Å²) in [6.07, 6.45) is -1.14. The lowest BCUT2D eigenvalue weighted by Gasteiger charge is -2.28. The van der Waals surface area contributed by atoms with Crippen LogP contribution in [0.15, 0.2) is 60.7 Å². The summed E-state index contributed by atoms with van der Waals surface area (Å²) < 4.78 is 6.25. The van der Waals surface area contributed by atoms with Gasteiger partial charge in [0.05, 0.1) is 23.6 Å². The lowest BCUT2D eigenvalue weighted by molar-refractivity contribution is -0.127. The van der Waals surface area contributed by atoms with Crippen LogP contribution in [0.4, 0.5) is 5.69 Å². The van der Waals surface area contributed by atoms with Gasteiger partial charge in [-0.3, -0.25) is 19.2 Å². The minimum atomic E-state index is -2.18. The van der Waals surface area contributed by atoms with Crippen molar-refractivity contribution in [2.45, 2.75) is 18.6 Å². The second-order valence-electron chi connectivity index (χ2n) is 9.09. The van der Waals surface area contributed by atoms with Gasteiger partial charge in [0.2, 0.25) is 29.0 Å². The summed E-state index contributed by atoms with van der Waals surface area (Å²) in [5.41, 5.74) is -0.600. The first-order chi connectivity index (χ1) is 17.2. The van der Waals surface area contributed by atoms with Gasteiger partial charge in [-0.15, -0.1) is 0 Å². The average molecular weight is 541 g/mol. The molecule has 2 aliphatic heterocycles. The molecule has 1 aliphatic carbocycles. The molecule has 2 saturated heterocycles. The number of anilines is 1. The van der Waals surface area contributed by atoms with E-state index in [0.29, 0.717) is 26.9 Å². The number of carbonyl (C=O) groups is 4. The maximum atomic E-state index is 14.0. The highest BCUT2D eigenvalue weighted by Crippen LogP contribution is 2.58. The van der Waals surface area contributed by atoms with Crippen LogP contribution in [0, 0.1) is 18.8 Å². The third-order valence-corrected chi connectivity index (χ3v) is 8.00. The number of ether oxygens (including phenoxy) is 1. The van der Waals surface area contributed by atoms with E-state index >= 15 is 0 Å². The predicted molar refractivity (Wildman–Crippen MR) is 134 cm³/mol. The summed E-state index contributed by atoms with van der Waals surface area (Å²) in [5.74, 6) is -5.13. The Morgan fingerprint density at radius 3 is 2.06 bits per heavy atom. The number of carbonyl (C=O) groups excluding carboxylic acids is 4. The standard InChI is InChI=1S/C27H16Cl3NO5/c1-12-6-7-14(29)11-19(12)31-25(34)20-21(26(31)35)27(23(32)15-4-2-3-5-16(15)24(27)33)36-22(20)17-9-8-13(28)10-18(17)30/h2-11,20-22H,1H3/t20-,21+,22+/m0/s1. The number of halogens is 3. The fourth-order valence-corrected chi connectivity index (χ4v) is 6.28. The maximum absolute atomic E-state index is 14.0. The van der Waals surface area contributed by atoms with Crippen molar-refractivity contribution < 1.29 is 23.9 Å². The van der Waals surface area contributed by atoms with Crippen LogP contribution in [0.3, 0.4) is 0 Å². The zero-order valence-corrected chi connectivity index (χ0v) is 20.9. The Morgan fingerprint density at radius 2 is 1.42 bits per heavy atom. The van der Waals surface area contributed by atoms with Crippen LogP contribution in [0.5, 0.6) is 0 Å². The van der Waals surface area contributed by atoms with Gasteiger partial charge >= 0.3 is 0 Å². The van der Waals surface area contributed by atoms with Gasteiger partial charge in [-0.25, -0.2) is 4.90 Å². The normalized spacial score (nSPS) is 24.1. The smallest absolute Gasteiger partial charge is 0.241 e. The number of amides is 2. The number of ketones is 2. The van der Waals surface area contributed by atoms with Crippen LogP contribution in [0.25, 0.3) is 0 Å². The van der Waals surface area contributed by atoms with E-state index in [0.717, 1.165) is 4.90 Å². The molecule has 3 atom stereocenters. The Bertz CT molecular complexity index is 1500. The Hall–Kier alpha value is -3.03. The van der Waals surface area contributed by atoms with E-state index in [9.17, 15) is 19.2 Å². The van der Waals surface area contributed by atoms with Crippen molar-refractivity contribution in [2.24, 2.45) is 11.8 Å². The molecular weight excluding hydrogens is 525 g/mol. The number of imide groups is 1. The molecule has 1 spiro atoms. The van der Waals surface area contributed by atoms with Crippen LogP contribution >= 0.6 is 34.8 Å². The van der Waals surface area contributed by atoms with Crippen molar-refractivity contribution in [1.82, 2.24) is 0 Å². The molecule has 2 amide bonds. The van der Waals surface area contributed by atoms with E-state index in [-0.39, 0.29) is 16.1 Å². The number of aryl methyl sites for hydroxylation is 1. The molecule has 9 heteroatoms. The molecule has 36 heavy (non-hydrogen) atoms. The van der Waals surface area contributed by atoms with E-state index < -0.39 is 46.9 Å². The van der Waals surface area contributed by atoms with Crippen molar-refractivity contribution in [3.8, 4) is 0 Å². The average Bonchev–Trinajstić information content (AvgIpc) is 3.41. The number of fused-ring (bicyclic) bond motifs is 3. The topological polar surface area (TPSA) is 80.8 Å². The molecule has 0 bridgehead atoms. The van der Waals surface area contributed by atoms with E-state index in [1.807, 2.05) is 0 Å². The number of benzene rings is 3. The Balaban J connectivity index is 1.58. The molecule has 2 fully saturated rings. The number of rotatable bonds is 2. The molecule has 2 heterocycles. The van der Waals surface area contributed by atoms with E-state index in [2.05, 4.69) is 0 Å². The molecule has 0 aromatic heterocycles. The van der Waals surface area contributed by atoms with Gasteiger partial charge in [-0.1, -0.05) is 71.2 Å². The number of hydrogen-bond acceptors (Lipinski definition) is 5. The van der Waals surface area contributed by atoms with Crippen molar-refractivity contribution in [3.63, 3.8) is 0 Å². The summed E-state index contributed by atoms with van der Waals surface area (Å²) in [5, 5.41) is 0.881. The third kappa shape index (κ3) is 2.96. The molecule has 3 aromatic rings. The second-order valence-corrected chi connectivity index (χ2v) is 10.4. The van der Waals surface area contributed by atoms with Crippen LogP contribution in [-0.4, -0.2) is 29.0 Å². The van der Waals surface area contributed by atoms with E-state index in [1.54, 1.807) is 43.3 Å². The minimum absolute atomic E-state index is 0.154. The van der Waals surface area contributed by atoms with Crippen molar-refractivity contribution in [2.75, 3.05) is 4.90 Å². The molecule has 0 radical (unpaired) electrons. The first-order valence-electron chi connectivity index (χ1n) is 11.1. The van der Waals surface area contributed by atoms with Gasteiger partial charge in [0.25, 0.3) is 0 Å². The van der Waals surface area contributed by atoms with Crippen LogP contribution in [-0.2, 0) is 14.3 Å². The molecule has 0 unspecified atom stereocenters.